The summed E-state index contributed by atoms with van der Waals surface area (Å²) in [6, 6.07) is 4.03. The number of alkyl halides is 2. The van der Waals surface area contributed by atoms with Gasteiger partial charge in [-0.1, -0.05) is 17.7 Å². The van der Waals surface area contributed by atoms with Gasteiger partial charge in [0.2, 0.25) is 0 Å². The molecule has 7 heteroatoms. The highest BCUT2D eigenvalue weighted by Gasteiger charge is 2.25. The Balaban J connectivity index is 3.27. The Morgan fingerprint density at radius 2 is 2.00 bits per heavy atom. The second kappa shape index (κ2) is 4.32. The molecule has 0 fully saturated rings. The molecule has 0 aliphatic rings. The summed E-state index contributed by atoms with van der Waals surface area (Å²) in [5, 5.41) is -0.143. The van der Waals surface area contributed by atoms with Gasteiger partial charge in [0, 0.05) is 0 Å². The van der Waals surface area contributed by atoms with Crippen LogP contribution in [-0.2, 0) is 9.84 Å². The summed E-state index contributed by atoms with van der Waals surface area (Å²) in [5.74, 6) is -1.28. The van der Waals surface area contributed by atoms with E-state index in [-0.39, 0.29) is 10.7 Å². The third-order valence-electron chi connectivity index (χ3n) is 1.65. The van der Waals surface area contributed by atoms with Crippen molar-refractivity contribution in [2.75, 3.05) is 11.5 Å². The predicted octanol–water partition coefficient (Wildman–Crippen LogP) is 1.96. The van der Waals surface area contributed by atoms with Crippen molar-refractivity contribution in [1.82, 2.24) is 0 Å². The van der Waals surface area contributed by atoms with E-state index in [1.54, 1.807) is 0 Å². The van der Waals surface area contributed by atoms with Crippen LogP contribution in [0.3, 0.4) is 0 Å². The van der Waals surface area contributed by atoms with Crippen LogP contribution in [0.4, 0.5) is 14.5 Å². The minimum absolute atomic E-state index is 0.122. The van der Waals surface area contributed by atoms with E-state index in [4.69, 9.17) is 17.3 Å². The topological polar surface area (TPSA) is 60.2 Å². The fourth-order valence-electron chi connectivity index (χ4n) is 1.10. The van der Waals surface area contributed by atoms with Crippen LogP contribution < -0.4 is 5.73 Å². The molecular formula is C8H8ClF2NO2S. The Kier molecular flexibility index (Phi) is 3.51. The van der Waals surface area contributed by atoms with E-state index < -0.39 is 26.9 Å². The molecule has 1 aromatic carbocycles. The molecule has 0 spiro atoms. The van der Waals surface area contributed by atoms with Crippen molar-refractivity contribution in [2.45, 2.75) is 11.3 Å². The highest BCUT2D eigenvalue weighted by Crippen LogP contribution is 2.28. The molecule has 0 saturated heterocycles. The Morgan fingerprint density at radius 3 is 2.47 bits per heavy atom. The van der Waals surface area contributed by atoms with Gasteiger partial charge in [0.1, 0.15) is 10.6 Å². The quantitative estimate of drug-likeness (QED) is 0.840. The molecule has 2 N–H and O–H groups in total. The van der Waals surface area contributed by atoms with Gasteiger partial charge in [-0.15, -0.1) is 0 Å². The van der Waals surface area contributed by atoms with E-state index in [1.165, 1.54) is 18.2 Å². The van der Waals surface area contributed by atoms with Gasteiger partial charge in [-0.05, 0) is 12.1 Å². The lowest BCUT2D eigenvalue weighted by molar-refractivity contribution is 0.174. The Bertz CT molecular complexity index is 441. The summed E-state index contributed by atoms with van der Waals surface area (Å²) in [5.41, 5.74) is 5.25. The molecule has 84 valence electrons. The van der Waals surface area contributed by atoms with Crippen molar-refractivity contribution in [3.05, 3.63) is 23.2 Å². The molecule has 0 atom stereocenters. The lowest BCUT2D eigenvalue weighted by Crippen LogP contribution is -2.15. The fraction of sp³-hybridized carbons (Fsp3) is 0.250. The maximum Gasteiger partial charge on any atom is 0.252 e. The molecule has 1 aromatic rings. The number of hydrogen-bond acceptors (Lipinski definition) is 3. The summed E-state index contributed by atoms with van der Waals surface area (Å²) >= 11 is 5.59. The molecule has 1 rings (SSSR count). The van der Waals surface area contributed by atoms with E-state index in [0.717, 1.165) is 0 Å². The number of hydrogen-bond donors (Lipinski definition) is 1. The number of anilines is 1. The molecule has 0 unspecified atom stereocenters. The third-order valence-corrected chi connectivity index (χ3v) is 3.85. The zero-order chi connectivity index (χ0) is 11.6. The molecular weight excluding hydrogens is 248 g/mol. The molecule has 0 heterocycles. The predicted molar refractivity (Wildman–Crippen MR) is 53.9 cm³/mol. The van der Waals surface area contributed by atoms with E-state index in [0.29, 0.717) is 0 Å². The number of nitrogen functional groups attached to an aromatic ring is 1. The van der Waals surface area contributed by atoms with Gasteiger partial charge >= 0.3 is 0 Å². The van der Waals surface area contributed by atoms with Gasteiger partial charge in [-0.2, -0.15) is 0 Å². The average Bonchev–Trinajstić information content (AvgIpc) is 1.99. The maximum atomic E-state index is 12.0. The summed E-state index contributed by atoms with van der Waals surface area (Å²) in [7, 11) is -4.13. The number of rotatable bonds is 3. The lowest BCUT2D eigenvalue weighted by Gasteiger charge is -2.08. The minimum atomic E-state index is -4.13. The van der Waals surface area contributed by atoms with Crippen LogP contribution in [0.1, 0.15) is 0 Å². The van der Waals surface area contributed by atoms with E-state index in [9.17, 15) is 17.2 Å². The molecule has 0 aliphatic heterocycles. The lowest BCUT2D eigenvalue weighted by atomic mass is 10.3. The first-order chi connectivity index (χ1) is 6.84. The highest BCUT2D eigenvalue weighted by molar-refractivity contribution is 7.91. The largest absolute Gasteiger partial charge is 0.398 e. The highest BCUT2D eigenvalue weighted by atomic mass is 35.5. The molecule has 0 aromatic heterocycles. The van der Waals surface area contributed by atoms with E-state index in [1.807, 2.05) is 0 Å². The Hall–Kier alpha value is -0.880. The van der Waals surface area contributed by atoms with Crippen LogP contribution in [0, 0.1) is 0 Å². The molecule has 0 radical (unpaired) electrons. The van der Waals surface area contributed by atoms with Crippen LogP contribution in [0.15, 0.2) is 23.1 Å². The van der Waals surface area contributed by atoms with Gasteiger partial charge in [0.15, 0.2) is 9.84 Å². The second-order valence-electron chi connectivity index (χ2n) is 2.83. The third kappa shape index (κ3) is 2.79. The Morgan fingerprint density at radius 1 is 1.40 bits per heavy atom. The standard InChI is InChI=1S/C8H8ClF2NO2S/c9-5-2-1-3-6(12)8(5)15(13,14)4-7(10)11/h1-3,7H,4,12H2. The molecule has 3 nitrogen and oxygen atoms in total. The van der Waals surface area contributed by atoms with E-state index in [2.05, 4.69) is 0 Å². The van der Waals surface area contributed by atoms with E-state index >= 15 is 0 Å². The number of sulfone groups is 1. The van der Waals surface area contributed by atoms with Crippen LogP contribution in [0.2, 0.25) is 5.02 Å². The molecule has 0 amide bonds. The molecule has 0 bridgehead atoms. The van der Waals surface area contributed by atoms with Gasteiger partial charge in [0.25, 0.3) is 6.43 Å². The van der Waals surface area contributed by atoms with Crippen LogP contribution >= 0.6 is 11.6 Å². The molecule has 0 saturated carbocycles. The van der Waals surface area contributed by atoms with Crippen molar-refractivity contribution in [3.8, 4) is 0 Å². The number of nitrogens with two attached hydrogens (primary N) is 1. The second-order valence-corrected chi connectivity index (χ2v) is 5.21. The zero-order valence-electron chi connectivity index (χ0n) is 7.45. The molecule has 0 aliphatic carbocycles. The first-order valence-electron chi connectivity index (χ1n) is 3.89. The Labute approximate surface area is 90.8 Å². The van der Waals surface area contributed by atoms with Crippen LogP contribution in [0.5, 0.6) is 0 Å². The minimum Gasteiger partial charge on any atom is -0.398 e. The normalized spacial score (nSPS) is 12.0. The number of benzene rings is 1. The van der Waals surface area contributed by atoms with Gasteiger partial charge < -0.3 is 5.73 Å². The van der Waals surface area contributed by atoms with Crippen molar-refractivity contribution in [3.63, 3.8) is 0 Å². The maximum absolute atomic E-state index is 12.0. The van der Waals surface area contributed by atoms with Gasteiger partial charge in [-0.3, -0.25) is 0 Å². The summed E-state index contributed by atoms with van der Waals surface area (Å²) in [4.78, 5) is -0.424. The first-order valence-corrected chi connectivity index (χ1v) is 5.92. The number of halogens is 3. The fourth-order valence-corrected chi connectivity index (χ4v) is 2.93. The zero-order valence-corrected chi connectivity index (χ0v) is 9.02. The van der Waals surface area contributed by atoms with Crippen molar-refractivity contribution < 1.29 is 17.2 Å². The smallest absolute Gasteiger partial charge is 0.252 e. The van der Waals surface area contributed by atoms with Crippen molar-refractivity contribution >= 4 is 27.1 Å². The van der Waals surface area contributed by atoms with Gasteiger partial charge in [-0.25, -0.2) is 17.2 Å². The average molecular weight is 256 g/mol. The first kappa shape index (κ1) is 12.2. The van der Waals surface area contributed by atoms with Gasteiger partial charge in [0.05, 0.1) is 10.7 Å². The van der Waals surface area contributed by atoms with Crippen LogP contribution in [-0.4, -0.2) is 20.6 Å². The SMILES string of the molecule is Nc1cccc(Cl)c1S(=O)(=O)CC(F)F. The summed E-state index contributed by atoms with van der Waals surface area (Å²) in [6.07, 6.45) is -2.95. The van der Waals surface area contributed by atoms with Crippen molar-refractivity contribution in [1.29, 1.82) is 0 Å². The monoisotopic (exact) mass is 255 g/mol. The summed E-state index contributed by atoms with van der Waals surface area (Å²) < 4.78 is 46.9. The van der Waals surface area contributed by atoms with Crippen molar-refractivity contribution in [2.24, 2.45) is 0 Å². The summed E-state index contributed by atoms with van der Waals surface area (Å²) in [6.45, 7) is 0. The van der Waals surface area contributed by atoms with Crippen LogP contribution in [0.25, 0.3) is 0 Å². The molecule has 15 heavy (non-hydrogen) atoms.